The number of aryl methyl sites for hydroxylation is 1. The molecule has 0 saturated heterocycles. The molecule has 0 spiro atoms. The quantitative estimate of drug-likeness (QED) is 0.291. The summed E-state index contributed by atoms with van der Waals surface area (Å²) in [6.07, 6.45) is 3.66. The van der Waals surface area contributed by atoms with Gasteiger partial charge in [-0.1, -0.05) is 49.4 Å². The first-order valence-electron chi connectivity index (χ1n) is 12.7. The normalized spacial score (nSPS) is 12.8. The fourth-order valence-electron chi connectivity index (χ4n) is 4.31. The summed E-state index contributed by atoms with van der Waals surface area (Å²) in [5.41, 5.74) is 5.21. The number of nitrogens with zero attached hydrogens (tertiary/aromatic N) is 2. The van der Waals surface area contributed by atoms with Crippen LogP contribution in [-0.4, -0.2) is 33.4 Å². The average Bonchev–Trinajstić information content (AvgIpc) is 3.67. The Morgan fingerprint density at radius 1 is 0.973 bits per heavy atom. The Morgan fingerprint density at radius 2 is 1.73 bits per heavy atom. The minimum Gasteiger partial charge on any atom is -0.507 e. The largest absolute Gasteiger partial charge is 0.507 e. The second-order valence-electron chi connectivity index (χ2n) is 9.34. The molecule has 7 nitrogen and oxygen atoms in total. The Balaban J connectivity index is 1.29. The number of hydrogen-bond donors (Lipinski definition) is 3. The van der Waals surface area contributed by atoms with E-state index in [0.717, 1.165) is 42.5 Å². The molecule has 0 atom stereocenters. The molecule has 0 aliphatic heterocycles. The zero-order valence-electron chi connectivity index (χ0n) is 20.8. The number of anilines is 1. The number of carbonyl (C=O) groups excluding carboxylic acids is 2. The van der Waals surface area contributed by atoms with Crippen LogP contribution in [-0.2, 0) is 12.8 Å². The smallest absolute Gasteiger partial charge is 0.342 e. The zero-order chi connectivity index (χ0) is 25.8. The second-order valence-corrected chi connectivity index (χ2v) is 9.34. The number of rotatable bonds is 8. The van der Waals surface area contributed by atoms with Gasteiger partial charge >= 0.3 is 6.03 Å². The van der Waals surface area contributed by atoms with Gasteiger partial charge in [-0.05, 0) is 67.1 Å². The molecule has 188 valence electrons. The number of phenols is 1. The van der Waals surface area contributed by atoms with Gasteiger partial charge in [-0.2, -0.15) is 9.78 Å². The monoisotopic (exact) mass is 494 g/mol. The molecule has 1 fully saturated rings. The van der Waals surface area contributed by atoms with E-state index in [1.54, 1.807) is 24.3 Å². The van der Waals surface area contributed by atoms with E-state index in [2.05, 4.69) is 22.7 Å². The van der Waals surface area contributed by atoms with Crippen LogP contribution in [0.1, 0.15) is 52.9 Å². The van der Waals surface area contributed by atoms with Gasteiger partial charge in [-0.25, -0.2) is 4.79 Å². The number of carbonyl (C=O) groups is 2. The van der Waals surface area contributed by atoms with E-state index in [1.807, 2.05) is 48.5 Å². The summed E-state index contributed by atoms with van der Waals surface area (Å²) in [4.78, 5) is 25.6. The van der Waals surface area contributed by atoms with Crippen molar-refractivity contribution in [2.75, 3.05) is 11.9 Å². The summed E-state index contributed by atoms with van der Waals surface area (Å²) in [6, 6.07) is 24.0. The number of aromatic nitrogens is 2. The van der Waals surface area contributed by atoms with Crippen molar-refractivity contribution in [1.82, 2.24) is 15.1 Å². The van der Waals surface area contributed by atoms with E-state index in [9.17, 15) is 14.7 Å². The van der Waals surface area contributed by atoms with Crippen molar-refractivity contribution in [2.24, 2.45) is 0 Å². The third-order valence-electron chi connectivity index (χ3n) is 6.61. The number of nitrogens with one attached hydrogen (secondary N) is 2. The Bertz CT molecular complexity index is 1410. The molecule has 3 N–H and O–H groups in total. The van der Waals surface area contributed by atoms with Gasteiger partial charge in [0.15, 0.2) is 0 Å². The first-order valence-corrected chi connectivity index (χ1v) is 12.7. The molecule has 37 heavy (non-hydrogen) atoms. The Kier molecular flexibility index (Phi) is 7.03. The van der Waals surface area contributed by atoms with Crippen LogP contribution in [0, 0.1) is 0 Å². The van der Waals surface area contributed by atoms with E-state index in [4.69, 9.17) is 0 Å². The summed E-state index contributed by atoms with van der Waals surface area (Å²) >= 11 is 0. The highest BCUT2D eigenvalue weighted by molar-refractivity contribution is 6.04. The van der Waals surface area contributed by atoms with Crippen LogP contribution >= 0.6 is 0 Å². The van der Waals surface area contributed by atoms with E-state index in [1.165, 1.54) is 10.7 Å². The van der Waals surface area contributed by atoms with Gasteiger partial charge in [0.1, 0.15) is 5.75 Å². The van der Waals surface area contributed by atoms with Crippen LogP contribution in [0.2, 0.25) is 0 Å². The highest BCUT2D eigenvalue weighted by Gasteiger charge is 2.30. The average molecular weight is 495 g/mol. The predicted octanol–water partition coefficient (Wildman–Crippen LogP) is 5.75. The maximum Gasteiger partial charge on any atom is 0.342 e. The summed E-state index contributed by atoms with van der Waals surface area (Å²) in [5, 5.41) is 21.1. The molecular weight excluding hydrogens is 464 g/mol. The Labute approximate surface area is 216 Å². The molecular formula is C30H30N4O3. The van der Waals surface area contributed by atoms with Crippen LogP contribution in [0.5, 0.6) is 5.75 Å². The van der Waals surface area contributed by atoms with Crippen LogP contribution < -0.4 is 10.6 Å². The van der Waals surface area contributed by atoms with Crippen LogP contribution in [0.25, 0.3) is 11.3 Å². The molecule has 1 aliphatic rings. The van der Waals surface area contributed by atoms with Crippen molar-refractivity contribution in [3.05, 3.63) is 101 Å². The standard InChI is InChI=1S/C30H30N4O3/c1-2-20-8-10-23(11-9-20)29(36)32-24-14-15-25(28(35)18-24)26-19-27(22-12-13-22)34(33-26)30(37)31-17-16-21-6-4-3-5-7-21/h3-11,14-15,18-19,22,35H,2,12-13,16-17H2,1H3,(H,31,37)(H,32,36). The fourth-order valence-corrected chi connectivity index (χ4v) is 4.31. The first-order chi connectivity index (χ1) is 18.0. The molecule has 0 radical (unpaired) electrons. The van der Waals surface area contributed by atoms with Crippen molar-refractivity contribution in [2.45, 2.75) is 38.5 Å². The number of benzene rings is 3. The van der Waals surface area contributed by atoms with Gasteiger partial charge in [0.05, 0.1) is 11.4 Å². The lowest BCUT2D eigenvalue weighted by atomic mass is 10.1. The third-order valence-corrected chi connectivity index (χ3v) is 6.61. The van der Waals surface area contributed by atoms with Crippen molar-refractivity contribution in [3.8, 4) is 17.0 Å². The lowest BCUT2D eigenvalue weighted by molar-refractivity contribution is 0.102. The fraction of sp³-hybridized carbons (Fsp3) is 0.233. The summed E-state index contributed by atoms with van der Waals surface area (Å²) in [5.74, 6) is 0.0267. The molecule has 2 amide bonds. The highest BCUT2D eigenvalue weighted by Crippen LogP contribution is 2.42. The maximum atomic E-state index is 12.9. The molecule has 0 unspecified atom stereocenters. The van der Waals surface area contributed by atoms with Crippen LogP contribution in [0.4, 0.5) is 10.5 Å². The molecule has 1 heterocycles. The zero-order valence-corrected chi connectivity index (χ0v) is 20.8. The van der Waals surface area contributed by atoms with Crippen molar-refractivity contribution in [3.63, 3.8) is 0 Å². The number of phenolic OH excluding ortho intramolecular Hbond substituents is 1. The molecule has 1 aliphatic carbocycles. The van der Waals surface area contributed by atoms with E-state index in [-0.39, 0.29) is 17.7 Å². The first kappa shape index (κ1) is 24.3. The van der Waals surface area contributed by atoms with Gasteiger partial charge in [-0.15, -0.1) is 0 Å². The lowest BCUT2D eigenvalue weighted by Crippen LogP contribution is -2.32. The Morgan fingerprint density at radius 3 is 2.41 bits per heavy atom. The van der Waals surface area contributed by atoms with Gasteiger partial charge in [0.25, 0.3) is 5.91 Å². The number of hydrogen-bond acceptors (Lipinski definition) is 4. The molecule has 7 heteroatoms. The Hall–Kier alpha value is -4.39. The summed E-state index contributed by atoms with van der Waals surface area (Å²) < 4.78 is 1.42. The second kappa shape index (κ2) is 10.7. The maximum absolute atomic E-state index is 12.9. The van der Waals surface area contributed by atoms with Gasteiger partial charge in [-0.3, -0.25) is 4.79 Å². The number of aromatic hydroxyl groups is 1. The minimum absolute atomic E-state index is 0.0180. The van der Waals surface area contributed by atoms with Gasteiger partial charge < -0.3 is 15.7 Å². The predicted molar refractivity (Wildman–Crippen MR) is 144 cm³/mol. The lowest BCUT2D eigenvalue weighted by Gasteiger charge is -2.09. The molecule has 1 saturated carbocycles. The van der Waals surface area contributed by atoms with Gasteiger partial charge in [0, 0.05) is 35.3 Å². The minimum atomic E-state index is -0.276. The third kappa shape index (κ3) is 5.72. The van der Waals surface area contributed by atoms with E-state index in [0.29, 0.717) is 35.0 Å². The highest BCUT2D eigenvalue weighted by atomic mass is 16.3. The van der Waals surface area contributed by atoms with Crippen molar-refractivity contribution < 1.29 is 14.7 Å². The van der Waals surface area contributed by atoms with Crippen LogP contribution in [0.3, 0.4) is 0 Å². The molecule has 0 bridgehead atoms. The number of amides is 2. The van der Waals surface area contributed by atoms with Crippen molar-refractivity contribution >= 4 is 17.6 Å². The SMILES string of the molecule is CCc1ccc(C(=O)Nc2ccc(-c3cc(C4CC4)n(C(=O)NCCc4ccccc4)n3)c(O)c2)cc1. The van der Waals surface area contributed by atoms with E-state index < -0.39 is 0 Å². The van der Waals surface area contributed by atoms with Crippen molar-refractivity contribution in [1.29, 1.82) is 0 Å². The molecule has 4 aromatic rings. The topological polar surface area (TPSA) is 96.3 Å². The molecule has 1 aromatic heterocycles. The van der Waals surface area contributed by atoms with Crippen LogP contribution in [0.15, 0.2) is 78.9 Å². The van der Waals surface area contributed by atoms with Gasteiger partial charge in [0.2, 0.25) is 0 Å². The summed E-state index contributed by atoms with van der Waals surface area (Å²) in [6.45, 7) is 2.57. The molecule has 5 rings (SSSR count). The van der Waals surface area contributed by atoms with E-state index >= 15 is 0 Å². The molecule has 3 aromatic carbocycles. The summed E-state index contributed by atoms with van der Waals surface area (Å²) in [7, 11) is 0.